The van der Waals surface area contributed by atoms with Gasteiger partial charge in [-0.3, -0.25) is 4.79 Å². The lowest BCUT2D eigenvalue weighted by Gasteiger charge is -2.31. The number of hydrogen-bond donors (Lipinski definition) is 1. The van der Waals surface area contributed by atoms with Crippen LogP contribution in [-0.2, 0) is 4.79 Å². The Hall–Kier alpha value is -2.23. The Morgan fingerprint density at radius 3 is 3.12 bits per heavy atom. The van der Waals surface area contributed by atoms with E-state index < -0.39 is 0 Å². The molecule has 124 valence electrons. The maximum atomic E-state index is 11.8. The molecule has 0 spiro atoms. The molecule has 4 aliphatic rings. The molecule has 1 aromatic rings. The molecule has 4 nitrogen and oxygen atoms in total. The Morgan fingerprint density at radius 1 is 1.33 bits per heavy atom. The quantitative estimate of drug-likeness (QED) is 0.920. The van der Waals surface area contributed by atoms with Gasteiger partial charge in [0.1, 0.15) is 23.4 Å². The van der Waals surface area contributed by atoms with Gasteiger partial charge in [-0.2, -0.15) is 0 Å². The molecule has 1 amide bonds. The Bertz CT molecular complexity index is 792. The standard InChI is InChI=1S/C20H21NO3/c1-2-11-3-6-16(13-5-8-19(22)21-20(11)13)23-12-4-7-17-14(9-12)15-10-18(15)24-17/h4,6-7,9,11,15,18H,2-3,5,8,10H2,1H3,(H,21,22). The van der Waals surface area contributed by atoms with Crippen LogP contribution >= 0.6 is 0 Å². The maximum absolute atomic E-state index is 11.8. The highest BCUT2D eigenvalue weighted by atomic mass is 16.5. The third kappa shape index (κ3) is 2.16. The van der Waals surface area contributed by atoms with Crippen molar-refractivity contribution in [3.63, 3.8) is 0 Å². The molecule has 1 aromatic carbocycles. The monoisotopic (exact) mass is 323 g/mol. The molecule has 5 rings (SSSR count). The van der Waals surface area contributed by atoms with Gasteiger partial charge < -0.3 is 14.8 Å². The number of ether oxygens (including phenoxy) is 2. The van der Waals surface area contributed by atoms with E-state index in [-0.39, 0.29) is 5.91 Å². The van der Waals surface area contributed by atoms with Crippen molar-refractivity contribution >= 4 is 5.91 Å². The summed E-state index contributed by atoms with van der Waals surface area (Å²) in [6.45, 7) is 2.17. The number of nitrogens with one attached hydrogen (secondary N) is 1. The van der Waals surface area contributed by atoms with Crippen molar-refractivity contribution in [2.45, 2.75) is 51.0 Å². The van der Waals surface area contributed by atoms with Gasteiger partial charge in [0.25, 0.3) is 0 Å². The van der Waals surface area contributed by atoms with Crippen molar-refractivity contribution in [1.82, 2.24) is 5.32 Å². The topological polar surface area (TPSA) is 47.6 Å². The number of carbonyl (C=O) groups is 1. The first-order valence-electron chi connectivity index (χ1n) is 8.95. The first-order valence-corrected chi connectivity index (χ1v) is 8.95. The van der Waals surface area contributed by atoms with E-state index in [2.05, 4.69) is 24.4 Å². The zero-order valence-electron chi connectivity index (χ0n) is 13.8. The highest BCUT2D eigenvalue weighted by Gasteiger charge is 2.48. The van der Waals surface area contributed by atoms with E-state index >= 15 is 0 Å². The molecule has 1 saturated carbocycles. The fourth-order valence-corrected chi connectivity index (χ4v) is 4.14. The fraction of sp³-hybridized carbons (Fsp3) is 0.450. The molecule has 0 aromatic heterocycles. The molecular formula is C20H21NO3. The van der Waals surface area contributed by atoms with Gasteiger partial charge in [-0.05, 0) is 50.0 Å². The lowest BCUT2D eigenvalue weighted by Crippen LogP contribution is -2.34. The molecule has 0 bridgehead atoms. The number of fused-ring (bicyclic) bond motifs is 3. The molecule has 0 saturated heterocycles. The molecule has 2 heterocycles. The molecule has 24 heavy (non-hydrogen) atoms. The number of hydrogen-bond acceptors (Lipinski definition) is 3. The van der Waals surface area contributed by atoms with Gasteiger partial charge in [-0.1, -0.05) is 6.92 Å². The number of carbonyl (C=O) groups excluding carboxylic acids is 1. The number of benzene rings is 1. The maximum Gasteiger partial charge on any atom is 0.224 e. The van der Waals surface area contributed by atoms with Crippen molar-refractivity contribution in [3.8, 4) is 11.5 Å². The molecule has 2 aliphatic carbocycles. The lowest BCUT2D eigenvalue weighted by atomic mass is 9.85. The van der Waals surface area contributed by atoms with Crippen molar-refractivity contribution in [2.24, 2.45) is 5.92 Å². The summed E-state index contributed by atoms with van der Waals surface area (Å²) in [7, 11) is 0. The summed E-state index contributed by atoms with van der Waals surface area (Å²) in [6, 6.07) is 6.13. The van der Waals surface area contributed by atoms with Gasteiger partial charge in [0.15, 0.2) is 0 Å². The predicted molar refractivity (Wildman–Crippen MR) is 89.7 cm³/mol. The Balaban J connectivity index is 1.44. The largest absolute Gasteiger partial charge is 0.489 e. The van der Waals surface area contributed by atoms with Crippen molar-refractivity contribution in [3.05, 3.63) is 46.9 Å². The van der Waals surface area contributed by atoms with E-state index in [0.29, 0.717) is 24.4 Å². The molecular weight excluding hydrogens is 302 g/mol. The average Bonchev–Trinajstić information content (AvgIpc) is 3.27. The van der Waals surface area contributed by atoms with Crippen LogP contribution in [0.15, 0.2) is 41.3 Å². The molecule has 4 heteroatoms. The van der Waals surface area contributed by atoms with Crippen LogP contribution in [0.1, 0.15) is 50.5 Å². The van der Waals surface area contributed by atoms with Gasteiger partial charge in [-0.25, -0.2) is 0 Å². The van der Waals surface area contributed by atoms with Crippen LogP contribution in [0.2, 0.25) is 0 Å². The Kier molecular flexibility index (Phi) is 3.02. The van der Waals surface area contributed by atoms with Crippen LogP contribution in [-0.4, -0.2) is 12.0 Å². The predicted octanol–water partition coefficient (Wildman–Crippen LogP) is 3.79. The first-order chi connectivity index (χ1) is 11.7. The second kappa shape index (κ2) is 5.13. The van der Waals surface area contributed by atoms with Crippen LogP contribution in [0.3, 0.4) is 0 Å². The van der Waals surface area contributed by atoms with Gasteiger partial charge in [0.2, 0.25) is 5.91 Å². The highest BCUT2D eigenvalue weighted by Crippen LogP contribution is 2.54. The van der Waals surface area contributed by atoms with E-state index in [1.54, 1.807) is 0 Å². The minimum atomic E-state index is 0.128. The van der Waals surface area contributed by atoms with E-state index in [0.717, 1.165) is 48.6 Å². The third-order valence-electron chi connectivity index (χ3n) is 5.61. The van der Waals surface area contributed by atoms with Crippen LogP contribution in [0, 0.1) is 5.92 Å². The van der Waals surface area contributed by atoms with Crippen molar-refractivity contribution in [2.75, 3.05) is 0 Å². The summed E-state index contributed by atoms with van der Waals surface area (Å²) in [6.07, 6.45) is 6.98. The summed E-state index contributed by atoms with van der Waals surface area (Å²) >= 11 is 0. The normalized spacial score (nSPS) is 29.8. The highest BCUT2D eigenvalue weighted by molar-refractivity contribution is 5.80. The van der Waals surface area contributed by atoms with E-state index in [9.17, 15) is 4.79 Å². The molecule has 3 unspecified atom stereocenters. The zero-order chi connectivity index (χ0) is 16.3. The minimum absolute atomic E-state index is 0.128. The Morgan fingerprint density at radius 2 is 2.25 bits per heavy atom. The third-order valence-corrected chi connectivity index (χ3v) is 5.61. The smallest absolute Gasteiger partial charge is 0.224 e. The molecule has 1 N–H and O–H groups in total. The van der Waals surface area contributed by atoms with Crippen LogP contribution in [0.25, 0.3) is 0 Å². The van der Waals surface area contributed by atoms with Crippen LogP contribution < -0.4 is 14.8 Å². The lowest BCUT2D eigenvalue weighted by molar-refractivity contribution is -0.121. The zero-order valence-corrected chi connectivity index (χ0v) is 13.8. The van der Waals surface area contributed by atoms with E-state index in [1.165, 1.54) is 11.1 Å². The van der Waals surface area contributed by atoms with E-state index in [4.69, 9.17) is 9.47 Å². The number of amides is 1. The summed E-state index contributed by atoms with van der Waals surface area (Å²) in [5.41, 5.74) is 3.54. The van der Waals surface area contributed by atoms with Gasteiger partial charge in [-0.15, -0.1) is 0 Å². The van der Waals surface area contributed by atoms with Gasteiger partial charge in [0.05, 0.1) is 0 Å². The van der Waals surface area contributed by atoms with E-state index in [1.807, 2.05) is 12.1 Å². The Labute approximate surface area is 141 Å². The second-order valence-corrected chi connectivity index (χ2v) is 7.15. The second-order valence-electron chi connectivity index (χ2n) is 7.15. The number of allylic oxidation sites excluding steroid dienone is 3. The van der Waals surface area contributed by atoms with Crippen molar-refractivity contribution in [1.29, 1.82) is 0 Å². The van der Waals surface area contributed by atoms with Gasteiger partial charge in [0, 0.05) is 35.1 Å². The number of rotatable bonds is 3. The average molecular weight is 323 g/mol. The summed E-state index contributed by atoms with van der Waals surface area (Å²) in [5, 5.41) is 3.09. The first kappa shape index (κ1) is 14.1. The van der Waals surface area contributed by atoms with Crippen LogP contribution in [0.5, 0.6) is 11.5 Å². The molecule has 3 atom stereocenters. The summed E-state index contributed by atoms with van der Waals surface area (Å²) in [4.78, 5) is 11.8. The van der Waals surface area contributed by atoms with Crippen molar-refractivity contribution < 1.29 is 14.3 Å². The molecule has 1 fully saturated rings. The molecule has 2 aliphatic heterocycles. The fourth-order valence-electron chi connectivity index (χ4n) is 4.14. The summed E-state index contributed by atoms with van der Waals surface area (Å²) in [5.74, 6) is 3.89. The summed E-state index contributed by atoms with van der Waals surface area (Å²) < 4.78 is 12.1. The minimum Gasteiger partial charge on any atom is -0.489 e. The molecule has 0 radical (unpaired) electrons. The SMILES string of the molecule is CCC1CC=C(Oc2ccc3c(c2)C2CC2O3)C2=C1NC(=O)CC2. The van der Waals surface area contributed by atoms with Crippen LogP contribution in [0.4, 0.5) is 0 Å². The van der Waals surface area contributed by atoms with Gasteiger partial charge >= 0.3 is 0 Å².